The monoisotopic (exact) mass is 913 g/mol. The minimum absolute atomic E-state index is 0.0402. The summed E-state index contributed by atoms with van der Waals surface area (Å²) in [4.78, 5) is 153. The van der Waals surface area contributed by atoms with Gasteiger partial charge in [0.05, 0.1) is 19.1 Å². The number of carboxylic acid groups (broad SMARTS) is 2. The first-order valence-corrected chi connectivity index (χ1v) is 20.6. The fraction of sp³-hybridized carbons (Fsp3) is 0.684. The van der Waals surface area contributed by atoms with E-state index in [1.807, 2.05) is 0 Å². The molecule has 0 spiro atoms. The minimum atomic E-state index is -1.75. The van der Waals surface area contributed by atoms with Crippen LogP contribution in [0.15, 0.2) is 0 Å². The second-order valence-corrected chi connectivity index (χ2v) is 16.1. The van der Waals surface area contributed by atoms with Crippen molar-refractivity contribution in [3.63, 3.8) is 0 Å². The molecule has 0 aromatic carbocycles. The number of hydrogen-bond acceptors (Lipinski definition) is 14. The lowest BCUT2D eigenvalue weighted by molar-refractivity contribution is -0.145. The zero-order valence-corrected chi connectivity index (χ0v) is 36.3. The second kappa shape index (κ2) is 26.9. The first-order valence-electron chi connectivity index (χ1n) is 20.6. The molecule has 26 heteroatoms. The number of likely N-dealkylation sites (tertiary alicyclic amines) is 1. The number of primary amides is 3. The van der Waals surface area contributed by atoms with Gasteiger partial charge in [0, 0.05) is 25.8 Å². The van der Waals surface area contributed by atoms with Crippen LogP contribution >= 0.6 is 0 Å². The Labute approximate surface area is 368 Å². The number of carbonyl (C=O) groups excluding carboxylic acids is 10. The minimum Gasteiger partial charge on any atom is -0.481 e. The quantitative estimate of drug-likeness (QED) is 0.0333. The Balaban J connectivity index is 3.33. The predicted molar refractivity (Wildman–Crippen MR) is 221 cm³/mol. The Morgan fingerprint density at radius 1 is 0.609 bits per heavy atom. The van der Waals surface area contributed by atoms with Crippen molar-refractivity contribution in [2.45, 2.75) is 140 Å². The number of nitrogens with two attached hydrogens (primary N) is 4. The Morgan fingerprint density at radius 2 is 1.08 bits per heavy atom. The van der Waals surface area contributed by atoms with E-state index in [0.717, 1.165) is 4.90 Å². The first kappa shape index (κ1) is 55.6. The molecule has 0 radical (unpaired) electrons. The van der Waals surface area contributed by atoms with Crippen molar-refractivity contribution < 1.29 is 72.9 Å². The van der Waals surface area contributed by atoms with Crippen LogP contribution in [0.25, 0.3) is 0 Å². The van der Waals surface area contributed by atoms with Crippen LogP contribution in [-0.2, 0) is 57.5 Å². The molecule has 0 unspecified atom stereocenters. The third-order valence-electron chi connectivity index (χ3n) is 9.87. The molecule has 1 aliphatic rings. The van der Waals surface area contributed by atoms with Crippen molar-refractivity contribution in [2.75, 3.05) is 13.2 Å². The molecule has 64 heavy (non-hydrogen) atoms. The molecule has 1 heterocycles. The van der Waals surface area contributed by atoms with Gasteiger partial charge in [-0.3, -0.25) is 52.7 Å². The maximum absolute atomic E-state index is 13.8. The number of nitrogens with one attached hydrogen (secondary N) is 6. The third kappa shape index (κ3) is 19.3. The van der Waals surface area contributed by atoms with Crippen molar-refractivity contribution in [2.24, 2.45) is 34.8 Å². The lowest BCUT2D eigenvalue weighted by Crippen LogP contribution is -2.61. The summed E-state index contributed by atoms with van der Waals surface area (Å²) < 4.78 is 0. The van der Waals surface area contributed by atoms with E-state index in [2.05, 4.69) is 31.9 Å². The van der Waals surface area contributed by atoms with Crippen LogP contribution in [0.4, 0.5) is 0 Å². The molecule has 360 valence electrons. The van der Waals surface area contributed by atoms with Crippen molar-refractivity contribution in [3.8, 4) is 0 Å². The molecule has 0 aromatic heterocycles. The highest BCUT2D eigenvalue weighted by Gasteiger charge is 2.40. The molecular weight excluding hydrogens is 850 g/mol. The highest BCUT2D eigenvalue weighted by molar-refractivity contribution is 5.98. The summed E-state index contributed by atoms with van der Waals surface area (Å²) in [5, 5.41) is 43.1. The number of aliphatic hydroxyl groups excluding tert-OH is 1. The largest absolute Gasteiger partial charge is 0.481 e. The average Bonchev–Trinajstić information content (AvgIpc) is 3.69. The van der Waals surface area contributed by atoms with Crippen molar-refractivity contribution in [1.29, 1.82) is 0 Å². The normalized spacial score (nSPS) is 16.8. The Bertz CT molecular complexity index is 1740. The van der Waals surface area contributed by atoms with E-state index in [-0.39, 0.29) is 25.3 Å². The molecule has 1 aliphatic heterocycles. The van der Waals surface area contributed by atoms with Crippen molar-refractivity contribution in [3.05, 3.63) is 0 Å². The molecule has 1 saturated heterocycles. The van der Waals surface area contributed by atoms with Gasteiger partial charge in [-0.2, -0.15) is 0 Å². The van der Waals surface area contributed by atoms with Gasteiger partial charge in [-0.25, -0.2) is 4.79 Å². The Morgan fingerprint density at radius 3 is 1.50 bits per heavy atom. The maximum Gasteiger partial charge on any atom is 0.326 e. The first-order chi connectivity index (χ1) is 29.8. The number of carboxylic acids is 2. The lowest BCUT2D eigenvalue weighted by Gasteiger charge is -2.31. The van der Waals surface area contributed by atoms with E-state index in [9.17, 15) is 72.9 Å². The molecule has 0 aromatic rings. The van der Waals surface area contributed by atoms with Gasteiger partial charge >= 0.3 is 11.9 Å². The molecule has 17 N–H and O–H groups in total. The summed E-state index contributed by atoms with van der Waals surface area (Å²) in [6.07, 6.45) is -3.20. The number of carbonyl (C=O) groups is 12. The summed E-state index contributed by atoms with van der Waals surface area (Å²) >= 11 is 0. The summed E-state index contributed by atoms with van der Waals surface area (Å²) in [6, 6.07) is -12.0. The standard InChI is InChI=1S/C38H63N11O15/c1-17(2)14-23(38(63)64)46-35(60)25-6-5-13-49(25)37(62)24(16-50)47-36(61)30(18(3)4)48-34(59)21(8-11-27(41)52)44-33(58)22(9-12-29(54)55)45-32(57)20(7-10-26(40)51)43-31(56)19(39)15-28(42)53/h17-25,30,50H,5-16,39H2,1-4H3,(H2,40,51)(H2,41,52)(H2,42,53)(H,43,56)(H,44,58)(H,45,57)(H,46,60)(H,47,61)(H,48,59)(H,54,55)(H,63,64)/t19-,20-,21-,22-,23-,24-,25-,30-/m0/s1. The van der Waals surface area contributed by atoms with Crippen molar-refractivity contribution in [1.82, 2.24) is 36.8 Å². The molecule has 8 atom stereocenters. The van der Waals surface area contributed by atoms with Gasteiger partial charge in [0.2, 0.25) is 59.1 Å². The number of nitrogens with zero attached hydrogens (tertiary/aromatic N) is 1. The summed E-state index contributed by atoms with van der Waals surface area (Å²) in [5.41, 5.74) is 21.2. The van der Waals surface area contributed by atoms with Crippen LogP contribution in [0.3, 0.4) is 0 Å². The van der Waals surface area contributed by atoms with Gasteiger partial charge in [0.25, 0.3) is 0 Å². The molecule has 1 rings (SSSR count). The van der Waals surface area contributed by atoms with Crippen LogP contribution in [0.5, 0.6) is 0 Å². The topological polar surface area (TPSA) is 445 Å². The molecule has 0 aliphatic carbocycles. The van der Waals surface area contributed by atoms with Crippen LogP contribution < -0.4 is 54.8 Å². The average molecular weight is 914 g/mol. The van der Waals surface area contributed by atoms with Crippen LogP contribution in [-0.4, -0.2) is 153 Å². The van der Waals surface area contributed by atoms with E-state index in [1.165, 1.54) is 13.8 Å². The second-order valence-electron chi connectivity index (χ2n) is 16.1. The van der Waals surface area contributed by atoms with Crippen LogP contribution in [0, 0.1) is 11.8 Å². The summed E-state index contributed by atoms with van der Waals surface area (Å²) in [7, 11) is 0. The van der Waals surface area contributed by atoms with Crippen LogP contribution in [0.1, 0.15) is 91.9 Å². The fourth-order valence-corrected chi connectivity index (χ4v) is 6.48. The zero-order valence-electron chi connectivity index (χ0n) is 36.3. The van der Waals surface area contributed by atoms with Crippen molar-refractivity contribution >= 4 is 71.0 Å². The number of amides is 10. The highest BCUT2D eigenvalue weighted by atomic mass is 16.4. The number of hydrogen-bond donors (Lipinski definition) is 13. The van der Waals surface area contributed by atoms with E-state index in [4.69, 9.17) is 22.9 Å². The number of aliphatic hydroxyl groups is 1. The summed E-state index contributed by atoms with van der Waals surface area (Å²) in [6.45, 7) is 5.62. The lowest BCUT2D eigenvalue weighted by atomic mass is 10.0. The SMILES string of the molecule is CC(C)C[C@H](NC(=O)[C@@H]1CCCN1C(=O)[C@H](CO)NC(=O)[C@@H](NC(=O)[C@H](CCC(N)=O)NC(=O)[C@H](CCC(=O)O)NC(=O)[C@H](CCC(N)=O)NC(=O)[C@@H](N)CC(N)=O)C(C)C)C(=O)O. The van der Waals surface area contributed by atoms with Gasteiger partial charge in [0.1, 0.15) is 42.3 Å². The Hall–Kier alpha value is -6.44. The van der Waals surface area contributed by atoms with E-state index in [1.54, 1.807) is 13.8 Å². The molecule has 26 nitrogen and oxygen atoms in total. The zero-order chi connectivity index (χ0) is 49.0. The molecule has 0 saturated carbocycles. The van der Waals surface area contributed by atoms with E-state index < -0.39 is 177 Å². The van der Waals surface area contributed by atoms with Gasteiger partial charge in [0.15, 0.2) is 0 Å². The fourth-order valence-electron chi connectivity index (χ4n) is 6.48. The Kier molecular flexibility index (Phi) is 23.4. The third-order valence-corrected chi connectivity index (χ3v) is 9.87. The summed E-state index contributed by atoms with van der Waals surface area (Å²) in [5.74, 6) is -13.3. The van der Waals surface area contributed by atoms with Gasteiger partial charge in [-0.05, 0) is 50.4 Å². The molecule has 0 bridgehead atoms. The smallest absolute Gasteiger partial charge is 0.326 e. The molecule has 1 fully saturated rings. The van der Waals surface area contributed by atoms with Gasteiger partial charge in [-0.15, -0.1) is 0 Å². The number of rotatable bonds is 29. The van der Waals surface area contributed by atoms with E-state index >= 15 is 0 Å². The molecular formula is C38H63N11O15. The number of aliphatic carboxylic acids is 2. The maximum atomic E-state index is 13.8. The van der Waals surface area contributed by atoms with Gasteiger partial charge in [-0.1, -0.05) is 27.7 Å². The van der Waals surface area contributed by atoms with Gasteiger partial charge < -0.3 is 75.1 Å². The molecule has 10 amide bonds. The predicted octanol–water partition coefficient (Wildman–Crippen LogP) is -5.74. The van der Waals surface area contributed by atoms with Crippen LogP contribution in [0.2, 0.25) is 0 Å². The van der Waals surface area contributed by atoms with E-state index in [0.29, 0.717) is 6.42 Å². The highest BCUT2D eigenvalue weighted by Crippen LogP contribution is 2.20.